The van der Waals surface area contributed by atoms with E-state index in [0.717, 1.165) is 6.07 Å². The van der Waals surface area contributed by atoms with E-state index in [2.05, 4.69) is 4.72 Å². The molecule has 4 nitrogen and oxygen atoms in total. The van der Waals surface area contributed by atoms with Crippen molar-refractivity contribution in [3.63, 3.8) is 0 Å². The molecule has 0 atom stereocenters. The van der Waals surface area contributed by atoms with Crippen LogP contribution in [-0.2, 0) is 10.0 Å². The zero-order valence-corrected chi connectivity index (χ0v) is 12.9. The van der Waals surface area contributed by atoms with Crippen LogP contribution in [0.4, 0.5) is 4.39 Å². The van der Waals surface area contributed by atoms with Gasteiger partial charge < -0.3 is 5.11 Å². The zero-order valence-electron chi connectivity index (χ0n) is 12.1. The molecule has 0 aliphatic rings. The van der Waals surface area contributed by atoms with Crippen molar-refractivity contribution in [2.75, 3.05) is 13.2 Å². The fourth-order valence-corrected chi connectivity index (χ4v) is 3.38. The molecule has 0 aromatic heterocycles. The van der Waals surface area contributed by atoms with Gasteiger partial charge in [-0.15, -0.1) is 0 Å². The topological polar surface area (TPSA) is 66.4 Å². The fourth-order valence-electron chi connectivity index (χ4n) is 1.97. The summed E-state index contributed by atoms with van der Waals surface area (Å²) in [6, 6.07) is 3.67. The van der Waals surface area contributed by atoms with E-state index >= 15 is 0 Å². The highest BCUT2D eigenvalue weighted by molar-refractivity contribution is 7.89. The molecule has 0 bridgehead atoms. The highest BCUT2D eigenvalue weighted by Gasteiger charge is 2.28. The second kappa shape index (κ2) is 6.65. The zero-order chi connectivity index (χ0) is 15.4. The van der Waals surface area contributed by atoms with Gasteiger partial charge in [0.1, 0.15) is 5.82 Å². The molecule has 0 saturated heterocycles. The monoisotopic (exact) mass is 303 g/mol. The van der Waals surface area contributed by atoms with Crippen molar-refractivity contribution in [1.82, 2.24) is 4.72 Å². The van der Waals surface area contributed by atoms with Gasteiger partial charge in [-0.3, -0.25) is 0 Å². The average molecular weight is 303 g/mol. The van der Waals surface area contributed by atoms with Crippen LogP contribution in [0.15, 0.2) is 23.1 Å². The molecule has 0 saturated carbocycles. The van der Waals surface area contributed by atoms with E-state index in [-0.39, 0.29) is 18.0 Å². The Kier molecular flexibility index (Phi) is 5.68. The third-order valence-corrected chi connectivity index (χ3v) is 5.46. The van der Waals surface area contributed by atoms with Gasteiger partial charge in [-0.05, 0) is 37.5 Å². The van der Waals surface area contributed by atoms with Crippen molar-refractivity contribution in [1.29, 1.82) is 0 Å². The van der Waals surface area contributed by atoms with Crippen molar-refractivity contribution < 1.29 is 17.9 Å². The van der Waals surface area contributed by atoms with Crippen LogP contribution < -0.4 is 4.72 Å². The second-order valence-electron chi connectivity index (χ2n) is 5.10. The molecule has 0 amide bonds. The van der Waals surface area contributed by atoms with Crippen LogP contribution >= 0.6 is 0 Å². The first-order chi connectivity index (χ1) is 9.30. The predicted molar refractivity (Wildman–Crippen MR) is 76.4 cm³/mol. The summed E-state index contributed by atoms with van der Waals surface area (Å²) in [5.74, 6) is -0.588. The van der Waals surface area contributed by atoms with Crippen LogP contribution in [0, 0.1) is 18.2 Å². The third kappa shape index (κ3) is 3.77. The molecular weight excluding hydrogens is 281 g/mol. The molecule has 0 radical (unpaired) electrons. The predicted octanol–water partition coefficient (Wildman–Crippen LogP) is 2.21. The Hall–Kier alpha value is -0.980. The molecule has 1 aromatic carbocycles. The minimum atomic E-state index is -3.78. The van der Waals surface area contributed by atoms with Gasteiger partial charge in [-0.25, -0.2) is 17.5 Å². The number of aryl methyl sites for hydroxylation is 1. The van der Waals surface area contributed by atoms with Crippen molar-refractivity contribution in [2.24, 2.45) is 5.41 Å². The maximum atomic E-state index is 13.2. The minimum absolute atomic E-state index is 0.0588. The Morgan fingerprint density at radius 3 is 2.40 bits per heavy atom. The molecular formula is C14H22FNO3S. The molecule has 0 spiro atoms. The van der Waals surface area contributed by atoms with Crippen molar-refractivity contribution in [3.8, 4) is 0 Å². The largest absolute Gasteiger partial charge is 0.396 e. The lowest BCUT2D eigenvalue weighted by Gasteiger charge is -2.29. The highest BCUT2D eigenvalue weighted by atomic mass is 32.2. The van der Waals surface area contributed by atoms with Crippen LogP contribution in [0.3, 0.4) is 0 Å². The summed E-state index contributed by atoms with van der Waals surface area (Å²) in [6.45, 7) is 5.47. The minimum Gasteiger partial charge on any atom is -0.396 e. The van der Waals surface area contributed by atoms with Crippen LogP contribution in [0.1, 0.15) is 32.3 Å². The number of rotatable bonds is 7. The van der Waals surface area contributed by atoms with Gasteiger partial charge in [0.25, 0.3) is 0 Å². The number of nitrogens with one attached hydrogen (secondary N) is 1. The van der Waals surface area contributed by atoms with Crippen molar-refractivity contribution >= 4 is 10.0 Å². The second-order valence-corrected chi connectivity index (χ2v) is 6.83. The fraction of sp³-hybridized carbons (Fsp3) is 0.571. The average Bonchev–Trinajstić information content (AvgIpc) is 2.43. The number of hydrogen-bond acceptors (Lipinski definition) is 3. The van der Waals surface area contributed by atoms with Crippen LogP contribution in [0.2, 0.25) is 0 Å². The SMILES string of the molecule is CCC(CC)(CO)CNS(=O)(=O)c1cc(F)ccc1C. The number of aliphatic hydroxyl groups is 1. The first-order valence-corrected chi connectivity index (χ1v) is 8.15. The number of halogens is 1. The third-order valence-electron chi connectivity index (χ3n) is 3.91. The van der Waals surface area contributed by atoms with Crippen LogP contribution in [0.5, 0.6) is 0 Å². The Morgan fingerprint density at radius 2 is 1.90 bits per heavy atom. The normalized spacial score (nSPS) is 12.7. The van der Waals surface area contributed by atoms with E-state index < -0.39 is 21.3 Å². The Labute approximate surface area is 120 Å². The highest BCUT2D eigenvalue weighted by Crippen LogP contribution is 2.25. The van der Waals surface area contributed by atoms with Crippen LogP contribution in [0.25, 0.3) is 0 Å². The summed E-state index contributed by atoms with van der Waals surface area (Å²) in [6.07, 6.45) is 1.31. The number of sulfonamides is 1. The van der Waals surface area contributed by atoms with E-state index in [1.165, 1.54) is 12.1 Å². The number of aliphatic hydroxyl groups excluding tert-OH is 1. The summed E-state index contributed by atoms with van der Waals surface area (Å²) in [5, 5.41) is 9.45. The van der Waals surface area contributed by atoms with Crippen molar-refractivity contribution in [3.05, 3.63) is 29.6 Å². The maximum Gasteiger partial charge on any atom is 0.240 e. The number of benzene rings is 1. The smallest absolute Gasteiger partial charge is 0.240 e. The molecule has 0 aliphatic carbocycles. The van der Waals surface area contributed by atoms with Gasteiger partial charge >= 0.3 is 0 Å². The van der Waals surface area contributed by atoms with Gasteiger partial charge in [0.05, 0.1) is 4.90 Å². The van der Waals surface area contributed by atoms with E-state index in [9.17, 15) is 17.9 Å². The van der Waals surface area contributed by atoms with Crippen molar-refractivity contribution in [2.45, 2.75) is 38.5 Å². The first kappa shape index (κ1) is 17.1. The van der Waals surface area contributed by atoms with Gasteiger partial charge in [0, 0.05) is 18.6 Å². The molecule has 1 rings (SSSR count). The molecule has 114 valence electrons. The molecule has 20 heavy (non-hydrogen) atoms. The van der Waals surface area contributed by atoms with Gasteiger partial charge in [0.15, 0.2) is 0 Å². The molecule has 6 heteroatoms. The Balaban J connectivity index is 2.98. The maximum absolute atomic E-state index is 13.2. The molecule has 0 aliphatic heterocycles. The molecule has 2 N–H and O–H groups in total. The molecule has 1 aromatic rings. The lowest BCUT2D eigenvalue weighted by Crippen LogP contribution is -2.39. The number of hydrogen-bond donors (Lipinski definition) is 2. The van der Waals surface area contributed by atoms with E-state index in [1.807, 2.05) is 13.8 Å². The molecule has 0 fully saturated rings. The summed E-state index contributed by atoms with van der Waals surface area (Å²) in [7, 11) is -3.78. The van der Waals surface area contributed by atoms with E-state index in [4.69, 9.17) is 0 Å². The Bertz CT molecular complexity index is 545. The summed E-state index contributed by atoms with van der Waals surface area (Å²) in [4.78, 5) is -0.0588. The van der Waals surface area contributed by atoms with Gasteiger partial charge in [-0.1, -0.05) is 19.9 Å². The summed E-state index contributed by atoms with van der Waals surface area (Å²) >= 11 is 0. The van der Waals surface area contributed by atoms with Crippen LogP contribution in [-0.4, -0.2) is 26.7 Å². The molecule has 0 unspecified atom stereocenters. The summed E-state index contributed by atoms with van der Waals surface area (Å²) in [5.41, 5.74) is 0.00962. The Morgan fingerprint density at radius 1 is 1.30 bits per heavy atom. The standard InChI is InChI=1S/C14H22FNO3S/c1-4-14(5-2,10-17)9-16-20(18,19)13-8-12(15)7-6-11(13)3/h6-8,16-17H,4-5,9-10H2,1-3H3. The van der Waals surface area contributed by atoms with E-state index in [1.54, 1.807) is 6.92 Å². The lowest BCUT2D eigenvalue weighted by atomic mass is 9.84. The lowest BCUT2D eigenvalue weighted by molar-refractivity contribution is 0.119. The first-order valence-electron chi connectivity index (χ1n) is 6.67. The summed E-state index contributed by atoms with van der Waals surface area (Å²) < 4.78 is 40.2. The van der Waals surface area contributed by atoms with Gasteiger partial charge in [0.2, 0.25) is 10.0 Å². The van der Waals surface area contributed by atoms with Gasteiger partial charge in [-0.2, -0.15) is 0 Å². The quantitative estimate of drug-likeness (QED) is 0.811. The van der Waals surface area contributed by atoms with E-state index in [0.29, 0.717) is 18.4 Å². The molecule has 0 heterocycles.